The zero-order valence-electron chi connectivity index (χ0n) is 15.3. The smallest absolute Gasteiger partial charge is 0.126 e. The number of aliphatic hydroxyl groups is 2. The van der Waals surface area contributed by atoms with Gasteiger partial charge in [0, 0.05) is 31.6 Å². The van der Waals surface area contributed by atoms with E-state index in [1.165, 1.54) is 0 Å². The van der Waals surface area contributed by atoms with Gasteiger partial charge in [-0.25, -0.2) is 0 Å². The molecule has 1 spiro atoms. The van der Waals surface area contributed by atoms with Crippen LogP contribution in [0.1, 0.15) is 42.6 Å². The van der Waals surface area contributed by atoms with Crippen LogP contribution in [0.15, 0.2) is 36.4 Å². The maximum atomic E-state index is 10.5. The van der Waals surface area contributed by atoms with E-state index in [1.54, 1.807) is 36.4 Å². The molecule has 28 heavy (non-hydrogen) atoms. The van der Waals surface area contributed by atoms with Crippen LogP contribution in [0.25, 0.3) is 0 Å². The number of aromatic hydroxyl groups is 1. The number of ether oxygens (including phenoxy) is 1. The molecule has 2 heterocycles. The van der Waals surface area contributed by atoms with Gasteiger partial charge in [-0.05, 0) is 48.7 Å². The molecule has 7 heteroatoms. The third-order valence-electron chi connectivity index (χ3n) is 5.77. The van der Waals surface area contributed by atoms with Crippen molar-refractivity contribution in [3.8, 4) is 11.5 Å². The quantitative estimate of drug-likeness (QED) is 0.693. The standard InChI is InChI=1S/C21H23Cl2NO4/c22-16-3-1-13(9-17(16)23)19(27)12-24-7-5-21(6-8-24)11-18(26)15-10-14(25)2-4-20(15)28-21/h1-4,9-10,18-19,25-27H,5-8,11-12H2/t18-,19-/m1/s1. The van der Waals surface area contributed by atoms with E-state index >= 15 is 0 Å². The minimum absolute atomic E-state index is 0.128. The average molecular weight is 424 g/mol. The van der Waals surface area contributed by atoms with E-state index in [1.807, 2.05) is 0 Å². The molecular weight excluding hydrogens is 401 g/mol. The number of hydrogen-bond donors (Lipinski definition) is 3. The monoisotopic (exact) mass is 423 g/mol. The largest absolute Gasteiger partial charge is 0.508 e. The van der Waals surface area contributed by atoms with Gasteiger partial charge in [-0.3, -0.25) is 0 Å². The molecule has 3 N–H and O–H groups in total. The fourth-order valence-electron chi connectivity index (χ4n) is 4.15. The van der Waals surface area contributed by atoms with Crippen LogP contribution in [0.5, 0.6) is 11.5 Å². The normalized spacial score (nSPS) is 22.5. The van der Waals surface area contributed by atoms with Gasteiger partial charge in [-0.15, -0.1) is 0 Å². The van der Waals surface area contributed by atoms with Gasteiger partial charge < -0.3 is 25.0 Å². The van der Waals surface area contributed by atoms with Gasteiger partial charge in [-0.1, -0.05) is 29.3 Å². The molecule has 150 valence electrons. The first-order chi connectivity index (χ1) is 13.3. The number of phenols is 1. The number of benzene rings is 2. The Balaban J connectivity index is 1.39. The molecule has 0 aromatic heterocycles. The van der Waals surface area contributed by atoms with Gasteiger partial charge in [0.15, 0.2) is 0 Å². The van der Waals surface area contributed by atoms with Crippen molar-refractivity contribution in [1.82, 2.24) is 4.90 Å². The number of likely N-dealkylation sites (tertiary alicyclic amines) is 1. The molecule has 2 atom stereocenters. The number of β-amino-alcohol motifs (C(OH)–C–C–N with tert-alkyl or cyclic N) is 1. The highest BCUT2D eigenvalue weighted by Gasteiger charge is 2.43. The average Bonchev–Trinajstić information content (AvgIpc) is 2.67. The Morgan fingerprint density at radius 1 is 1.11 bits per heavy atom. The van der Waals surface area contributed by atoms with Crippen LogP contribution in [0.2, 0.25) is 10.0 Å². The zero-order chi connectivity index (χ0) is 19.9. The summed E-state index contributed by atoms with van der Waals surface area (Å²) in [4.78, 5) is 2.19. The first-order valence-electron chi connectivity index (χ1n) is 9.41. The van der Waals surface area contributed by atoms with E-state index < -0.39 is 17.8 Å². The van der Waals surface area contributed by atoms with Crippen molar-refractivity contribution in [3.63, 3.8) is 0 Å². The van der Waals surface area contributed by atoms with Crippen LogP contribution >= 0.6 is 23.2 Å². The molecule has 0 saturated carbocycles. The molecule has 1 saturated heterocycles. The Hall–Kier alpha value is -1.50. The zero-order valence-corrected chi connectivity index (χ0v) is 16.8. The lowest BCUT2D eigenvalue weighted by Gasteiger charge is -2.46. The molecule has 1 fully saturated rings. The Labute approximate surface area is 174 Å². The maximum absolute atomic E-state index is 10.5. The van der Waals surface area contributed by atoms with Crippen LogP contribution in [0.3, 0.4) is 0 Å². The summed E-state index contributed by atoms with van der Waals surface area (Å²) in [6.45, 7) is 2.03. The number of nitrogens with zero attached hydrogens (tertiary/aromatic N) is 1. The van der Waals surface area contributed by atoms with Gasteiger partial charge in [0.05, 0.1) is 22.3 Å². The van der Waals surface area contributed by atoms with Crippen molar-refractivity contribution in [2.75, 3.05) is 19.6 Å². The van der Waals surface area contributed by atoms with Crippen molar-refractivity contribution in [3.05, 3.63) is 57.6 Å². The molecule has 5 nitrogen and oxygen atoms in total. The lowest BCUT2D eigenvalue weighted by atomic mass is 9.81. The number of hydrogen-bond acceptors (Lipinski definition) is 5. The maximum Gasteiger partial charge on any atom is 0.126 e. The number of halogens is 2. The van der Waals surface area contributed by atoms with Gasteiger partial charge >= 0.3 is 0 Å². The highest BCUT2D eigenvalue weighted by molar-refractivity contribution is 6.42. The third-order valence-corrected chi connectivity index (χ3v) is 6.51. The second kappa shape index (κ2) is 7.73. The first kappa shape index (κ1) is 19.8. The van der Waals surface area contributed by atoms with Crippen molar-refractivity contribution >= 4 is 23.2 Å². The van der Waals surface area contributed by atoms with Crippen molar-refractivity contribution in [2.24, 2.45) is 0 Å². The molecule has 2 aromatic rings. The second-order valence-corrected chi connectivity index (χ2v) is 8.53. The number of aliphatic hydroxyl groups excluding tert-OH is 2. The molecule has 0 radical (unpaired) electrons. The van der Waals surface area contributed by atoms with E-state index in [0.29, 0.717) is 34.3 Å². The van der Waals surface area contributed by atoms with Gasteiger partial charge in [0.1, 0.15) is 17.1 Å². The SMILES string of the molecule is Oc1ccc2c(c1)[C@H](O)CC1(CCN(C[C@@H](O)c3ccc(Cl)c(Cl)c3)CC1)O2. The number of rotatable bonds is 3. The van der Waals surface area contributed by atoms with Gasteiger partial charge in [0.25, 0.3) is 0 Å². The summed E-state index contributed by atoms with van der Waals surface area (Å²) in [6, 6.07) is 10.0. The summed E-state index contributed by atoms with van der Waals surface area (Å²) < 4.78 is 6.26. The highest BCUT2D eigenvalue weighted by atomic mass is 35.5. The number of phenolic OH excluding ortho intramolecular Hbond substituents is 1. The fraction of sp³-hybridized carbons (Fsp3) is 0.429. The summed E-state index contributed by atoms with van der Waals surface area (Å²) in [5, 5.41) is 31.6. The molecular formula is C21H23Cl2NO4. The van der Waals surface area contributed by atoms with E-state index in [9.17, 15) is 15.3 Å². The van der Waals surface area contributed by atoms with E-state index in [0.717, 1.165) is 31.5 Å². The van der Waals surface area contributed by atoms with Gasteiger partial charge in [-0.2, -0.15) is 0 Å². The van der Waals surface area contributed by atoms with Crippen LogP contribution in [0, 0.1) is 0 Å². The summed E-state index contributed by atoms with van der Waals surface area (Å²) in [5.41, 5.74) is 0.977. The summed E-state index contributed by atoms with van der Waals surface area (Å²) >= 11 is 12.0. The summed E-state index contributed by atoms with van der Waals surface area (Å²) in [6.07, 6.45) is 0.735. The van der Waals surface area contributed by atoms with E-state index in [-0.39, 0.29) is 5.75 Å². The highest BCUT2D eigenvalue weighted by Crippen LogP contribution is 2.45. The molecule has 0 bridgehead atoms. The Bertz CT molecular complexity index is 867. The Kier molecular flexibility index (Phi) is 5.47. The topological polar surface area (TPSA) is 73.2 Å². The Morgan fingerprint density at radius 2 is 1.86 bits per heavy atom. The molecule has 0 amide bonds. The molecule has 2 aliphatic heterocycles. The predicted octanol–water partition coefficient (Wildman–Crippen LogP) is 4.08. The summed E-state index contributed by atoms with van der Waals surface area (Å²) in [5.74, 6) is 0.768. The van der Waals surface area contributed by atoms with Crippen LogP contribution in [-0.4, -0.2) is 45.5 Å². The summed E-state index contributed by atoms with van der Waals surface area (Å²) in [7, 11) is 0. The van der Waals surface area contributed by atoms with Gasteiger partial charge in [0.2, 0.25) is 0 Å². The van der Waals surface area contributed by atoms with Crippen LogP contribution < -0.4 is 4.74 Å². The molecule has 4 rings (SSSR count). The van der Waals surface area contributed by atoms with E-state index in [4.69, 9.17) is 27.9 Å². The minimum atomic E-state index is -0.649. The predicted molar refractivity (Wildman–Crippen MR) is 108 cm³/mol. The first-order valence-corrected chi connectivity index (χ1v) is 10.2. The van der Waals surface area contributed by atoms with Crippen molar-refractivity contribution in [1.29, 1.82) is 0 Å². The van der Waals surface area contributed by atoms with Crippen molar-refractivity contribution in [2.45, 2.75) is 37.1 Å². The number of fused-ring (bicyclic) bond motifs is 1. The fourth-order valence-corrected chi connectivity index (χ4v) is 4.45. The molecule has 2 aliphatic rings. The lowest BCUT2D eigenvalue weighted by Crippen LogP contribution is -2.51. The third kappa shape index (κ3) is 3.95. The minimum Gasteiger partial charge on any atom is -0.508 e. The second-order valence-electron chi connectivity index (χ2n) is 7.72. The molecule has 2 aromatic carbocycles. The van der Waals surface area contributed by atoms with E-state index in [2.05, 4.69) is 4.90 Å². The molecule has 0 aliphatic carbocycles. The van der Waals surface area contributed by atoms with Crippen LogP contribution in [0.4, 0.5) is 0 Å². The lowest BCUT2D eigenvalue weighted by molar-refractivity contribution is -0.0588. The number of piperidine rings is 1. The van der Waals surface area contributed by atoms with Crippen LogP contribution in [-0.2, 0) is 0 Å². The molecule has 0 unspecified atom stereocenters. The Morgan fingerprint density at radius 3 is 2.57 bits per heavy atom. The van der Waals surface area contributed by atoms with Crippen molar-refractivity contribution < 1.29 is 20.1 Å².